The molecule has 0 aromatic rings. The Balaban J connectivity index is 1.97. The highest BCUT2D eigenvalue weighted by Gasteiger charge is 2.24. The van der Waals surface area contributed by atoms with Gasteiger partial charge in [0, 0.05) is 6.54 Å². The van der Waals surface area contributed by atoms with Gasteiger partial charge in [-0.05, 0) is 24.7 Å². The number of amides is 1. The number of hydrogen-bond donors (Lipinski definition) is 1. The standard InChI is InChI=1S/C7H13NO/c1-6-2-7(3-6)4-8-5-9/h5-7H,2-4H2,1H3,(H,8,9). The second kappa shape index (κ2) is 2.85. The summed E-state index contributed by atoms with van der Waals surface area (Å²) in [5, 5.41) is 2.69. The van der Waals surface area contributed by atoms with Crippen LogP contribution in [0.1, 0.15) is 19.8 Å². The highest BCUT2D eigenvalue weighted by molar-refractivity contribution is 5.45. The maximum atomic E-state index is 9.82. The molecule has 2 heteroatoms. The molecule has 1 N–H and O–H groups in total. The molecule has 1 saturated carbocycles. The van der Waals surface area contributed by atoms with Crippen molar-refractivity contribution in [1.82, 2.24) is 5.32 Å². The molecule has 1 aliphatic rings. The molecule has 0 unspecified atom stereocenters. The van der Waals surface area contributed by atoms with E-state index >= 15 is 0 Å². The Kier molecular flexibility index (Phi) is 2.09. The molecule has 1 aliphatic carbocycles. The number of rotatable bonds is 3. The molecule has 1 fully saturated rings. The Labute approximate surface area is 55.6 Å². The van der Waals surface area contributed by atoms with Gasteiger partial charge < -0.3 is 5.32 Å². The van der Waals surface area contributed by atoms with Crippen LogP contribution in [-0.2, 0) is 4.79 Å². The van der Waals surface area contributed by atoms with Crippen LogP contribution in [0, 0.1) is 11.8 Å². The van der Waals surface area contributed by atoms with E-state index in [1.165, 1.54) is 12.8 Å². The first-order chi connectivity index (χ1) is 4.33. The zero-order valence-electron chi connectivity index (χ0n) is 5.76. The summed E-state index contributed by atoms with van der Waals surface area (Å²) in [4.78, 5) is 9.82. The van der Waals surface area contributed by atoms with E-state index < -0.39 is 0 Å². The molecule has 0 aromatic carbocycles. The predicted octanol–water partition coefficient (Wildman–Crippen LogP) is 0.778. The summed E-state index contributed by atoms with van der Waals surface area (Å²) in [6, 6.07) is 0. The quantitative estimate of drug-likeness (QED) is 0.558. The molecule has 0 spiro atoms. The Morgan fingerprint density at radius 2 is 2.33 bits per heavy atom. The Morgan fingerprint density at radius 3 is 2.78 bits per heavy atom. The smallest absolute Gasteiger partial charge is 0.207 e. The second-order valence-electron chi connectivity index (χ2n) is 2.97. The van der Waals surface area contributed by atoms with Gasteiger partial charge in [-0.1, -0.05) is 6.92 Å². The molecule has 0 aliphatic heterocycles. The lowest BCUT2D eigenvalue weighted by Gasteiger charge is -2.32. The van der Waals surface area contributed by atoms with Crippen LogP contribution >= 0.6 is 0 Å². The van der Waals surface area contributed by atoms with Crippen molar-refractivity contribution in [3.05, 3.63) is 0 Å². The van der Waals surface area contributed by atoms with E-state index in [9.17, 15) is 4.79 Å². The van der Waals surface area contributed by atoms with Gasteiger partial charge in [0.25, 0.3) is 0 Å². The van der Waals surface area contributed by atoms with E-state index in [1.54, 1.807) is 0 Å². The van der Waals surface area contributed by atoms with Crippen molar-refractivity contribution in [1.29, 1.82) is 0 Å². The summed E-state index contributed by atoms with van der Waals surface area (Å²) in [5.74, 6) is 1.66. The number of hydrogen-bond acceptors (Lipinski definition) is 1. The number of carbonyl (C=O) groups excluding carboxylic acids is 1. The summed E-state index contributed by atoms with van der Waals surface area (Å²) in [7, 11) is 0. The van der Waals surface area contributed by atoms with Gasteiger partial charge in [0.05, 0.1) is 0 Å². The highest BCUT2D eigenvalue weighted by Crippen LogP contribution is 2.31. The highest BCUT2D eigenvalue weighted by atomic mass is 16.1. The SMILES string of the molecule is CC1CC(CNC=O)C1. The molecule has 0 radical (unpaired) electrons. The topological polar surface area (TPSA) is 29.1 Å². The minimum atomic E-state index is 0.769. The molecule has 0 saturated heterocycles. The monoisotopic (exact) mass is 127 g/mol. The summed E-state index contributed by atoms with van der Waals surface area (Å²) in [6.07, 6.45) is 3.37. The van der Waals surface area contributed by atoms with Crippen molar-refractivity contribution in [3.8, 4) is 0 Å². The third-order valence-electron chi connectivity index (χ3n) is 1.96. The maximum Gasteiger partial charge on any atom is 0.207 e. The first kappa shape index (κ1) is 6.59. The van der Waals surface area contributed by atoms with Gasteiger partial charge in [0.15, 0.2) is 0 Å². The average molecular weight is 127 g/mol. The van der Waals surface area contributed by atoms with E-state index in [2.05, 4.69) is 12.2 Å². The van der Waals surface area contributed by atoms with E-state index in [0.717, 1.165) is 24.8 Å². The molecule has 2 nitrogen and oxygen atoms in total. The van der Waals surface area contributed by atoms with Crippen molar-refractivity contribution in [2.45, 2.75) is 19.8 Å². The minimum Gasteiger partial charge on any atom is -0.358 e. The van der Waals surface area contributed by atoms with Crippen molar-refractivity contribution in [2.75, 3.05) is 6.54 Å². The van der Waals surface area contributed by atoms with Crippen molar-refractivity contribution < 1.29 is 4.79 Å². The van der Waals surface area contributed by atoms with Gasteiger partial charge in [-0.3, -0.25) is 4.79 Å². The van der Waals surface area contributed by atoms with Gasteiger partial charge in [-0.2, -0.15) is 0 Å². The fourth-order valence-corrected chi connectivity index (χ4v) is 1.45. The van der Waals surface area contributed by atoms with E-state index in [4.69, 9.17) is 0 Å². The van der Waals surface area contributed by atoms with Crippen LogP contribution in [0.15, 0.2) is 0 Å². The van der Waals surface area contributed by atoms with Crippen LogP contribution in [0.3, 0.4) is 0 Å². The van der Waals surface area contributed by atoms with E-state index in [0.29, 0.717) is 0 Å². The van der Waals surface area contributed by atoms with Gasteiger partial charge >= 0.3 is 0 Å². The third kappa shape index (κ3) is 1.70. The van der Waals surface area contributed by atoms with Gasteiger partial charge in [0.2, 0.25) is 6.41 Å². The van der Waals surface area contributed by atoms with Crippen molar-refractivity contribution in [2.24, 2.45) is 11.8 Å². The molecular formula is C7H13NO. The Bertz CT molecular complexity index is 97.1. The lowest BCUT2D eigenvalue weighted by molar-refractivity contribution is -0.109. The van der Waals surface area contributed by atoms with Gasteiger partial charge in [-0.25, -0.2) is 0 Å². The summed E-state index contributed by atoms with van der Waals surface area (Å²) >= 11 is 0. The molecule has 1 rings (SSSR count). The largest absolute Gasteiger partial charge is 0.358 e. The van der Waals surface area contributed by atoms with Crippen LogP contribution in [0.25, 0.3) is 0 Å². The number of nitrogens with one attached hydrogen (secondary N) is 1. The molecule has 0 atom stereocenters. The predicted molar refractivity (Wildman–Crippen MR) is 36.0 cm³/mol. The first-order valence-electron chi connectivity index (χ1n) is 3.50. The zero-order chi connectivity index (χ0) is 6.69. The lowest BCUT2D eigenvalue weighted by Crippen LogP contribution is -2.31. The summed E-state index contributed by atoms with van der Waals surface area (Å²) < 4.78 is 0. The van der Waals surface area contributed by atoms with Crippen LogP contribution in [0.2, 0.25) is 0 Å². The summed E-state index contributed by atoms with van der Waals surface area (Å²) in [6.45, 7) is 3.13. The summed E-state index contributed by atoms with van der Waals surface area (Å²) in [5.41, 5.74) is 0. The molecule has 52 valence electrons. The minimum absolute atomic E-state index is 0.769. The molecule has 0 heterocycles. The zero-order valence-corrected chi connectivity index (χ0v) is 5.76. The van der Waals surface area contributed by atoms with Gasteiger partial charge in [-0.15, -0.1) is 0 Å². The number of carbonyl (C=O) groups is 1. The normalized spacial score (nSPS) is 33.0. The van der Waals surface area contributed by atoms with E-state index in [1.807, 2.05) is 0 Å². The second-order valence-corrected chi connectivity index (χ2v) is 2.97. The van der Waals surface area contributed by atoms with Crippen LogP contribution in [-0.4, -0.2) is 13.0 Å². The van der Waals surface area contributed by atoms with Crippen molar-refractivity contribution in [3.63, 3.8) is 0 Å². The Morgan fingerprint density at radius 1 is 1.67 bits per heavy atom. The molecule has 9 heavy (non-hydrogen) atoms. The lowest BCUT2D eigenvalue weighted by atomic mass is 9.76. The fourth-order valence-electron chi connectivity index (χ4n) is 1.45. The van der Waals surface area contributed by atoms with Crippen LogP contribution in [0.5, 0.6) is 0 Å². The maximum absolute atomic E-state index is 9.82. The average Bonchev–Trinajstić information content (AvgIpc) is 1.78. The fraction of sp³-hybridized carbons (Fsp3) is 0.857. The van der Waals surface area contributed by atoms with E-state index in [-0.39, 0.29) is 0 Å². The molecule has 1 amide bonds. The first-order valence-corrected chi connectivity index (χ1v) is 3.50. The molecule has 0 bridgehead atoms. The molecular weight excluding hydrogens is 114 g/mol. The van der Waals surface area contributed by atoms with Crippen LogP contribution < -0.4 is 5.32 Å². The van der Waals surface area contributed by atoms with Crippen molar-refractivity contribution >= 4 is 6.41 Å². The molecule has 0 aromatic heterocycles. The van der Waals surface area contributed by atoms with Gasteiger partial charge in [0.1, 0.15) is 0 Å². The van der Waals surface area contributed by atoms with Crippen LogP contribution in [0.4, 0.5) is 0 Å². The third-order valence-corrected chi connectivity index (χ3v) is 1.96. The Hall–Kier alpha value is -0.530.